The molecule has 2 aromatic rings. The minimum Gasteiger partial charge on any atom is -0.383 e. The lowest BCUT2D eigenvalue weighted by molar-refractivity contribution is 0.715. The van der Waals surface area contributed by atoms with Gasteiger partial charge in [-0.05, 0) is 12.1 Å². The van der Waals surface area contributed by atoms with Gasteiger partial charge in [-0.3, -0.25) is 0 Å². The number of imidazole rings is 1. The smallest absolute Gasteiger partial charge is 0.131 e. The van der Waals surface area contributed by atoms with Crippen LogP contribution in [-0.2, 0) is 7.05 Å². The van der Waals surface area contributed by atoms with Gasteiger partial charge in [0.25, 0.3) is 0 Å². The summed E-state index contributed by atoms with van der Waals surface area (Å²) in [5, 5.41) is 0. The van der Waals surface area contributed by atoms with E-state index in [1.807, 2.05) is 35.9 Å². The highest BCUT2D eigenvalue weighted by Gasteiger charge is 2.15. The van der Waals surface area contributed by atoms with E-state index >= 15 is 0 Å². The van der Waals surface area contributed by atoms with Crippen LogP contribution in [0.4, 0.5) is 5.82 Å². The Morgan fingerprint density at radius 2 is 2.06 bits per heavy atom. The molecule has 1 aromatic heterocycles. The average molecular weight is 294 g/mol. The maximum Gasteiger partial charge on any atom is 0.131 e. The van der Waals surface area contributed by atoms with Crippen LogP contribution in [0.1, 0.15) is 25.6 Å². The van der Waals surface area contributed by atoms with Crippen LogP contribution in [0, 0.1) is 0 Å². The van der Waals surface area contributed by atoms with Crippen molar-refractivity contribution in [2.75, 3.05) is 5.73 Å². The Bertz CT molecular complexity index is 544. The first kappa shape index (κ1) is 12.2. The predicted molar refractivity (Wildman–Crippen MR) is 74.8 cm³/mol. The number of nitrogens with zero attached hydrogens (tertiary/aromatic N) is 2. The summed E-state index contributed by atoms with van der Waals surface area (Å²) in [6, 6.07) is 8.03. The minimum atomic E-state index is 0.364. The zero-order valence-corrected chi connectivity index (χ0v) is 11.8. The minimum absolute atomic E-state index is 0.364. The molecular formula is C13H16BrN3. The fourth-order valence-corrected chi connectivity index (χ4v) is 2.29. The summed E-state index contributed by atoms with van der Waals surface area (Å²) in [5.74, 6) is 2.09. The molecule has 0 fully saturated rings. The molecule has 3 nitrogen and oxygen atoms in total. The largest absolute Gasteiger partial charge is 0.383 e. The molecule has 17 heavy (non-hydrogen) atoms. The molecule has 0 radical (unpaired) electrons. The van der Waals surface area contributed by atoms with Gasteiger partial charge in [-0.2, -0.15) is 0 Å². The highest BCUT2D eigenvalue weighted by Crippen LogP contribution is 2.29. The van der Waals surface area contributed by atoms with Gasteiger partial charge in [0.1, 0.15) is 17.3 Å². The average Bonchev–Trinajstić information content (AvgIpc) is 2.56. The van der Waals surface area contributed by atoms with Crippen molar-refractivity contribution in [2.45, 2.75) is 19.8 Å². The van der Waals surface area contributed by atoms with Crippen molar-refractivity contribution in [3.8, 4) is 11.3 Å². The lowest BCUT2D eigenvalue weighted by Gasteiger charge is -2.04. The monoisotopic (exact) mass is 293 g/mol. The number of rotatable bonds is 2. The normalized spacial score (nSPS) is 11.1. The van der Waals surface area contributed by atoms with Crippen LogP contribution < -0.4 is 5.73 Å². The summed E-state index contributed by atoms with van der Waals surface area (Å²) in [5.41, 5.74) is 8.01. The van der Waals surface area contributed by atoms with Crippen molar-refractivity contribution in [1.82, 2.24) is 9.55 Å². The first-order valence-corrected chi connectivity index (χ1v) is 6.38. The molecule has 0 atom stereocenters. The molecule has 0 amide bonds. The standard InChI is InChI=1S/C13H16BrN3/c1-8(2)13-16-11(12(15)17(13)3)9-5-4-6-10(14)7-9/h4-8H,15H2,1-3H3. The zero-order valence-electron chi connectivity index (χ0n) is 10.2. The first-order chi connectivity index (χ1) is 8.00. The molecule has 0 bridgehead atoms. The Balaban J connectivity index is 2.57. The van der Waals surface area contributed by atoms with Crippen molar-refractivity contribution in [1.29, 1.82) is 0 Å². The molecule has 0 saturated heterocycles. The van der Waals surface area contributed by atoms with Crippen LogP contribution in [0.3, 0.4) is 0 Å². The topological polar surface area (TPSA) is 43.8 Å². The molecule has 90 valence electrons. The molecule has 1 aromatic carbocycles. The number of anilines is 1. The predicted octanol–water partition coefficient (Wildman–Crippen LogP) is 3.56. The van der Waals surface area contributed by atoms with Crippen LogP contribution in [0.15, 0.2) is 28.7 Å². The number of hydrogen-bond donors (Lipinski definition) is 1. The fourth-order valence-electron chi connectivity index (χ4n) is 1.89. The van der Waals surface area contributed by atoms with Crippen molar-refractivity contribution < 1.29 is 0 Å². The molecular weight excluding hydrogens is 278 g/mol. The summed E-state index contributed by atoms with van der Waals surface area (Å²) >= 11 is 3.46. The molecule has 0 aliphatic rings. The van der Waals surface area contributed by atoms with Gasteiger partial charge >= 0.3 is 0 Å². The van der Waals surface area contributed by atoms with Gasteiger partial charge in [0.05, 0.1) is 0 Å². The van der Waals surface area contributed by atoms with Crippen molar-refractivity contribution in [3.63, 3.8) is 0 Å². The molecule has 1 heterocycles. The van der Waals surface area contributed by atoms with Gasteiger partial charge in [0.2, 0.25) is 0 Å². The molecule has 0 saturated carbocycles. The molecule has 4 heteroatoms. The molecule has 0 aliphatic carbocycles. The maximum absolute atomic E-state index is 6.11. The number of halogens is 1. The van der Waals surface area contributed by atoms with Gasteiger partial charge in [0.15, 0.2) is 0 Å². The lowest BCUT2D eigenvalue weighted by Crippen LogP contribution is -2.02. The number of nitrogen functional groups attached to an aromatic ring is 1. The second-order valence-electron chi connectivity index (χ2n) is 4.43. The molecule has 0 unspecified atom stereocenters. The summed E-state index contributed by atoms with van der Waals surface area (Å²) in [7, 11) is 1.96. The third-order valence-corrected chi connectivity index (χ3v) is 3.28. The number of aromatic nitrogens is 2. The van der Waals surface area contributed by atoms with Crippen molar-refractivity contribution >= 4 is 21.7 Å². The highest BCUT2D eigenvalue weighted by molar-refractivity contribution is 9.10. The number of nitrogens with two attached hydrogens (primary N) is 1. The van der Waals surface area contributed by atoms with Gasteiger partial charge in [-0.25, -0.2) is 4.98 Å². The number of benzene rings is 1. The van der Waals surface area contributed by atoms with E-state index in [2.05, 4.69) is 34.8 Å². The van der Waals surface area contributed by atoms with Gasteiger partial charge in [0, 0.05) is 23.0 Å². The lowest BCUT2D eigenvalue weighted by atomic mass is 10.1. The van der Waals surface area contributed by atoms with E-state index in [1.54, 1.807) is 0 Å². The second kappa shape index (κ2) is 4.53. The Labute approximate surface area is 110 Å². The van der Waals surface area contributed by atoms with E-state index in [4.69, 9.17) is 5.73 Å². The van der Waals surface area contributed by atoms with Crippen LogP contribution in [0.25, 0.3) is 11.3 Å². The summed E-state index contributed by atoms with van der Waals surface area (Å²) in [4.78, 5) is 4.64. The van der Waals surface area contributed by atoms with E-state index in [0.29, 0.717) is 11.7 Å². The quantitative estimate of drug-likeness (QED) is 0.920. The Morgan fingerprint density at radius 1 is 1.35 bits per heavy atom. The maximum atomic E-state index is 6.11. The third-order valence-electron chi connectivity index (χ3n) is 2.79. The van der Waals surface area contributed by atoms with E-state index in [9.17, 15) is 0 Å². The van der Waals surface area contributed by atoms with E-state index in [1.165, 1.54) is 0 Å². The first-order valence-electron chi connectivity index (χ1n) is 5.58. The summed E-state index contributed by atoms with van der Waals surface area (Å²) < 4.78 is 2.99. The third kappa shape index (κ3) is 2.22. The van der Waals surface area contributed by atoms with E-state index in [-0.39, 0.29) is 0 Å². The van der Waals surface area contributed by atoms with Crippen molar-refractivity contribution in [3.05, 3.63) is 34.6 Å². The summed E-state index contributed by atoms with van der Waals surface area (Å²) in [6.45, 7) is 4.24. The molecule has 0 spiro atoms. The van der Waals surface area contributed by atoms with E-state index < -0.39 is 0 Å². The second-order valence-corrected chi connectivity index (χ2v) is 5.34. The van der Waals surface area contributed by atoms with Gasteiger partial charge in [-0.15, -0.1) is 0 Å². The molecule has 0 aliphatic heterocycles. The van der Waals surface area contributed by atoms with Crippen LogP contribution in [-0.4, -0.2) is 9.55 Å². The fraction of sp³-hybridized carbons (Fsp3) is 0.308. The zero-order chi connectivity index (χ0) is 12.6. The van der Waals surface area contributed by atoms with Gasteiger partial charge in [-0.1, -0.05) is 41.9 Å². The van der Waals surface area contributed by atoms with Crippen LogP contribution in [0.5, 0.6) is 0 Å². The van der Waals surface area contributed by atoms with Crippen molar-refractivity contribution in [2.24, 2.45) is 7.05 Å². The van der Waals surface area contributed by atoms with Gasteiger partial charge < -0.3 is 10.3 Å². The molecule has 2 rings (SSSR count). The number of hydrogen-bond acceptors (Lipinski definition) is 2. The summed E-state index contributed by atoms with van der Waals surface area (Å²) in [6.07, 6.45) is 0. The Morgan fingerprint density at radius 3 is 2.59 bits per heavy atom. The van der Waals surface area contributed by atoms with Crippen LogP contribution in [0.2, 0.25) is 0 Å². The van der Waals surface area contributed by atoms with Crippen LogP contribution >= 0.6 is 15.9 Å². The Hall–Kier alpha value is -1.29. The SMILES string of the molecule is CC(C)c1nc(-c2cccc(Br)c2)c(N)n1C. The van der Waals surface area contributed by atoms with E-state index in [0.717, 1.165) is 21.6 Å². The Kier molecular flexibility index (Phi) is 3.24. The highest BCUT2D eigenvalue weighted by atomic mass is 79.9. The molecule has 2 N–H and O–H groups in total.